The molecule has 1 fully saturated rings. The van der Waals surface area contributed by atoms with Gasteiger partial charge in [0, 0.05) is 24.8 Å². The maximum atomic E-state index is 13.2. The lowest BCUT2D eigenvalue weighted by Crippen LogP contribution is -2.54. The van der Waals surface area contributed by atoms with Crippen LogP contribution in [0, 0.1) is 24.2 Å². The fourth-order valence-electron chi connectivity index (χ4n) is 5.59. The smallest absolute Gasteiger partial charge is 0.157 e. The lowest BCUT2D eigenvalue weighted by molar-refractivity contribution is -0.181. The van der Waals surface area contributed by atoms with Gasteiger partial charge in [-0.1, -0.05) is 25.5 Å². The van der Waals surface area contributed by atoms with Gasteiger partial charge < -0.3 is 24.8 Å². The molecule has 8 atom stereocenters. The molecule has 2 unspecified atom stereocenters. The van der Waals surface area contributed by atoms with Crippen LogP contribution < -0.4 is 0 Å². The van der Waals surface area contributed by atoms with Gasteiger partial charge in [-0.3, -0.25) is 4.79 Å². The van der Waals surface area contributed by atoms with Crippen molar-refractivity contribution in [1.82, 2.24) is 4.98 Å². The lowest BCUT2D eigenvalue weighted by Gasteiger charge is -2.46. The number of carbonyl (C=O) groups is 1. The van der Waals surface area contributed by atoms with Gasteiger partial charge in [0.1, 0.15) is 18.0 Å². The number of nitrogens with zero attached hydrogens (tertiary/aromatic N) is 1. The number of aryl methyl sites for hydroxylation is 1. The molecule has 2 aliphatic rings. The van der Waals surface area contributed by atoms with E-state index in [9.17, 15) is 20.1 Å². The van der Waals surface area contributed by atoms with Gasteiger partial charge in [-0.2, -0.15) is 0 Å². The third kappa shape index (κ3) is 6.48. The molecule has 3 rings (SSSR count). The summed E-state index contributed by atoms with van der Waals surface area (Å²) >= 11 is 1.56. The number of aliphatic hydroxyl groups is 3. The van der Waals surface area contributed by atoms with E-state index in [0.29, 0.717) is 6.42 Å². The Morgan fingerprint density at radius 2 is 2.03 bits per heavy atom. The molecular formula is C27H41NO6S. The first-order valence-corrected chi connectivity index (χ1v) is 13.4. The van der Waals surface area contributed by atoms with Gasteiger partial charge in [-0.15, -0.1) is 11.3 Å². The number of thiazole rings is 1. The number of hydrogen-bond acceptors (Lipinski definition) is 8. The molecule has 35 heavy (non-hydrogen) atoms. The van der Waals surface area contributed by atoms with E-state index in [1.54, 1.807) is 32.3 Å². The highest BCUT2D eigenvalue weighted by Gasteiger charge is 2.51. The number of aromatic nitrogens is 1. The van der Waals surface area contributed by atoms with E-state index in [-0.39, 0.29) is 18.1 Å². The number of carbonyl (C=O) groups excluding carboxylic acids is 1. The van der Waals surface area contributed by atoms with Crippen molar-refractivity contribution in [3.63, 3.8) is 0 Å². The van der Waals surface area contributed by atoms with E-state index < -0.39 is 42.0 Å². The minimum absolute atomic E-state index is 0.0890. The second-order valence-electron chi connectivity index (χ2n) is 10.6. The molecule has 0 saturated heterocycles. The Bertz CT molecular complexity index is 942. The fraction of sp³-hybridized carbons (Fsp3) is 0.704. The third-order valence-corrected chi connectivity index (χ3v) is 8.54. The molecule has 1 aromatic heterocycles. The molecule has 1 aliphatic carbocycles. The molecule has 7 nitrogen and oxygen atoms in total. The minimum Gasteiger partial charge on any atom is -0.392 e. The van der Waals surface area contributed by atoms with E-state index in [4.69, 9.17) is 9.47 Å². The molecule has 196 valence electrons. The number of rotatable bonds is 3. The summed E-state index contributed by atoms with van der Waals surface area (Å²) in [6.45, 7) is 9.40. The fourth-order valence-corrected chi connectivity index (χ4v) is 6.16. The average Bonchev–Trinajstić information content (AvgIpc) is 3.21. The van der Waals surface area contributed by atoms with Crippen LogP contribution in [0.25, 0.3) is 6.08 Å². The number of hydrogen-bond donors (Lipinski definition) is 3. The van der Waals surface area contributed by atoms with Crippen LogP contribution in [-0.2, 0) is 14.3 Å². The minimum atomic E-state index is -1.31. The van der Waals surface area contributed by atoms with Crippen molar-refractivity contribution in [3.8, 4) is 0 Å². The molecule has 3 N–H and O–H groups in total. The van der Waals surface area contributed by atoms with Crippen LogP contribution in [0.2, 0.25) is 0 Å². The molecule has 0 spiro atoms. The zero-order valence-electron chi connectivity index (χ0n) is 21.7. The maximum absolute atomic E-state index is 13.2. The molecule has 0 radical (unpaired) electrons. The summed E-state index contributed by atoms with van der Waals surface area (Å²) in [5, 5.41) is 35.8. The maximum Gasteiger partial charge on any atom is 0.157 e. The van der Waals surface area contributed by atoms with Gasteiger partial charge in [0.05, 0.1) is 28.3 Å². The Hall–Kier alpha value is -1.42. The van der Waals surface area contributed by atoms with Crippen molar-refractivity contribution >= 4 is 23.2 Å². The van der Waals surface area contributed by atoms with Crippen LogP contribution >= 0.6 is 11.3 Å². The third-order valence-electron chi connectivity index (χ3n) is 7.75. The van der Waals surface area contributed by atoms with Gasteiger partial charge in [-0.05, 0) is 64.0 Å². The number of allylic oxidation sites excluding steroid dienone is 1. The zero-order valence-corrected chi connectivity index (χ0v) is 22.5. The van der Waals surface area contributed by atoms with E-state index in [1.807, 2.05) is 38.3 Å². The Morgan fingerprint density at radius 3 is 2.66 bits per heavy atom. The van der Waals surface area contributed by atoms with Gasteiger partial charge >= 0.3 is 0 Å². The Kier molecular flexibility index (Phi) is 9.45. The van der Waals surface area contributed by atoms with E-state index >= 15 is 0 Å². The summed E-state index contributed by atoms with van der Waals surface area (Å²) in [6, 6.07) is 0. The highest BCUT2D eigenvalue weighted by molar-refractivity contribution is 7.09. The van der Waals surface area contributed by atoms with Gasteiger partial charge in [0.2, 0.25) is 0 Å². The largest absolute Gasteiger partial charge is 0.392 e. The standard InChI is InChI=1S/C27H41NO6S/c1-15-8-7-9-19-13-27(5,26(32)17(3)24(19)31)22(29)12-23(30)34-25(21(10-15)33-6)16(2)11-20-14-35-18(4)28-20/h10-11,14,17,19,21-25,29-31H,7-9,12-13H2,1-6H3/b15-10-,16-11+/t17-,19-,21?,22+,23?,24-,25-,27+/m1/s1. The molecule has 0 amide bonds. The van der Waals surface area contributed by atoms with Crippen LogP contribution in [0.3, 0.4) is 0 Å². The molecule has 2 bridgehead atoms. The first-order valence-electron chi connectivity index (χ1n) is 12.5. The monoisotopic (exact) mass is 507 g/mol. The highest BCUT2D eigenvalue weighted by Crippen LogP contribution is 2.45. The van der Waals surface area contributed by atoms with Crippen molar-refractivity contribution in [2.45, 2.75) is 97.4 Å². The Morgan fingerprint density at radius 1 is 1.31 bits per heavy atom. The quantitative estimate of drug-likeness (QED) is 0.530. The number of fused-ring (bicyclic) bond motifs is 2. The molecule has 2 heterocycles. The predicted octanol–water partition coefficient (Wildman–Crippen LogP) is 4.05. The topological polar surface area (TPSA) is 109 Å². The predicted molar refractivity (Wildman–Crippen MR) is 137 cm³/mol. The van der Waals surface area contributed by atoms with Gasteiger partial charge in [-0.25, -0.2) is 4.98 Å². The first kappa shape index (κ1) is 28.2. The summed E-state index contributed by atoms with van der Waals surface area (Å²) in [5.74, 6) is -0.812. The summed E-state index contributed by atoms with van der Waals surface area (Å²) < 4.78 is 11.9. The molecule has 8 heteroatoms. The van der Waals surface area contributed by atoms with E-state index in [0.717, 1.165) is 41.1 Å². The molecule has 0 aromatic carbocycles. The summed E-state index contributed by atoms with van der Waals surface area (Å²) in [6.07, 6.45) is 2.46. The van der Waals surface area contributed by atoms with Crippen LogP contribution in [0.15, 0.2) is 22.6 Å². The van der Waals surface area contributed by atoms with E-state index in [2.05, 4.69) is 4.98 Å². The second kappa shape index (κ2) is 11.8. The number of ketones is 1. The normalized spacial score (nSPS) is 39.6. The molecule has 1 saturated carbocycles. The molecule has 1 aliphatic heterocycles. The van der Waals surface area contributed by atoms with Gasteiger partial charge in [0.15, 0.2) is 6.29 Å². The summed E-state index contributed by atoms with van der Waals surface area (Å²) in [7, 11) is 1.61. The number of Topliss-reactive ketones (excluding diaryl/α,β-unsaturated/α-hetero) is 1. The van der Waals surface area contributed by atoms with Crippen LogP contribution in [-0.4, -0.2) is 63.9 Å². The zero-order chi connectivity index (χ0) is 25.9. The first-order chi connectivity index (χ1) is 16.5. The van der Waals surface area contributed by atoms with Crippen molar-refractivity contribution in [2.24, 2.45) is 17.3 Å². The Balaban J connectivity index is 1.95. The number of ether oxygens (including phenoxy) is 2. The van der Waals surface area contributed by atoms with E-state index in [1.165, 1.54) is 0 Å². The van der Waals surface area contributed by atoms with Crippen molar-refractivity contribution < 1.29 is 29.6 Å². The molecule has 1 aromatic rings. The van der Waals surface area contributed by atoms with Gasteiger partial charge in [0.25, 0.3) is 0 Å². The number of aliphatic hydroxyl groups excluding tert-OH is 3. The highest BCUT2D eigenvalue weighted by atomic mass is 32.1. The van der Waals surface area contributed by atoms with Crippen LogP contribution in [0.5, 0.6) is 0 Å². The lowest BCUT2D eigenvalue weighted by atomic mass is 9.60. The van der Waals surface area contributed by atoms with Crippen LogP contribution in [0.4, 0.5) is 0 Å². The second-order valence-corrected chi connectivity index (χ2v) is 11.6. The SMILES string of the molecule is COC1/C=C(/C)CCC[C@@H]2C[C@](C)(C(=O)[C@H](C)[C@H]2O)[C@@H](O)CC(O)O[C@@H]1/C(C)=C/c1csc(C)n1. The van der Waals surface area contributed by atoms with Crippen molar-refractivity contribution in [2.75, 3.05) is 7.11 Å². The Labute approximate surface area is 212 Å². The van der Waals surface area contributed by atoms with Crippen LogP contribution in [0.1, 0.15) is 70.5 Å². The van der Waals surface area contributed by atoms with Crippen molar-refractivity contribution in [1.29, 1.82) is 0 Å². The number of methoxy groups -OCH3 is 1. The average molecular weight is 508 g/mol. The van der Waals surface area contributed by atoms with Crippen molar-refractivity contribution in [3.05, 3.63) is 33.3 Å². The summed E-state index contributed by atoms with van der Waals surface area (Å²) in [5.41, 5.74) is 1.73. The summed E-state index contributed by atoms with van der Waals surface area (Å²) in [4.78, 5) is 17.7. The molecular weight excluding hydrogens is 466 g/mol.